The molecule has 1 N–H and O–H groups in total. The molecule has 6 nitrogen and oxygen atoms in total. The van der Waals surface area contributed by atoms with Gasteiger partial charge in [0, 0.05) is 5.56 Å². The van der Waals surface area contributed by atoms with E-state index >= 15 is 0 Å². The maximum Gasteiger partial charge on any atom is 0.359 e. The van der Waals surface area contributed by atoms with Gasteiger partial charge < -0.3 is 9.52 Å². The smallest absolute Gasteiger partial charge is 0.359 e. The lowest BCUT2D eigenvalue weighted by Gasteiger charge is -2.12. The number of fused-ring (bicyclic) bond motifs is 1. The molecule has 0 fully saturated rings. The van der Waals surface area contributed by atoms with Crippen LogP contribution in [0.25, 0.3) is 11.1 Å². The van der Waals surface area contributed by atoms with E-state index in [1.807, 2.05) is 6.92 Å². The first-order chi connectivity index (χ1) is 11.9. The van der Waals surface area contributed by atoms with Crippen LogP contribution in [0.2, 0.25) is 0 Å². The second-order valence-electron chi connectivity index (χ2n) is 5.81. The topological polar surface area (TPSA) is 97.5 Å². The number of aromatic nitrogens is 1. The Labute approximate surface area is 142 Å². The number of aliphatic carboxylic acids is 1. The van der Waals surface area contributed by atoms with Crippen molar-refractivity contribution >= 4 is 22.9 Å². The fraction of sp³-hybridized carbons (Fsp3) is 0.158. The summed E-state index contributed by atoms with van der Waals surface area (Å²) < 4.78 is 5.13. The maximum atomic E-state index is 12.8. The third-order valence-corrected chi connectivity index (χ3v) is 3.95. The molecule has 25 heavy (non-hydrogen) atoms. The molecule has 0 aliphatic heterocycles. The first-order valence-electron chi connectivity index (χ1n) is 7.62. The van der Waals surface area contributed by atoms with Crippen LogP contribution in [0.15, 0.2) is 51.7 Å². The number of nitrogens with zero attached hydrogens (tertiary/aromatic N) is 1. The van der Waals surface area contributed by atoms with Gasteiger partial charge in [-0.1, -0.05) is 35.9 Å². The molecule has 1 atom stereocenters. The lowest BCUT2D eigenvalue weighted by Crippen LogP contribution is -2.28. The van der Waals surface area contributed by atoms with Crippen molar-refractivity contribution in [2.45, 2.75) is 19.8 Å². The summed E-state index contributed by atoms with van der Waals surface area (Å²) in [5.74, 6) is -3.86. The number of carboxylic acid groups (broad SMARTS) is 1. The van der Waals surface area contributed by atoms with Crippen LogP contribution in [0.3, 0.4) is 0 Å². The number of Topliss-reactive ketones (excluding diaryl/α,β-unsaturated/α-hetero) is 1. The van der Waals surface area contributed by atoms with Gasteiger partial charge >= 0.3 is 11.6 Å². The summed E-state index contributed by atoms with van der Waals surface area (Å²) in [6.07, 6.45) is 0. The van der Waals surface area contributed by atoms with Gasteiger partial charge in [0.2, 0.25) is 0 Å². The third kappa shape index (κ3) is 3.06. The lowest BCUT2D eigenvalue weighted by atomic mass is 9.91. The summed E-state index contributed by atoms with van der Waals surface area (Å²) in [6.45, 7) is 3.59. The predicted molar refractivity (Wildman–Crippen MR) is 90.9 cm³/mol. The number of carbonyl (C=O) groups is 2. The predicted octanol–water partition coefficient (Wildman–Crippen LogP) is 2.86. The average Bonchev–Trinajstić information content (AvgIpc) is 2.55. The van der Waals surface area contributed by atoms with Crippen LogP contribution >= 0.6 is 0 Å². The van der Waals surface area contributed by atoms with E-state index in [4.69, 9.17) is 4.42 Å². The molecular weight excluding hydrogens is 322 g/mol. The van der Waals surface area contributed by atoms with E-state index in [0.717, 1.165) is 5.56 Å². The number of ketones is 1. The molecule has 1 unspecified atom stereocenters. The summed E-state index contributed by atoms with van der Waals surface area (Å²) in [4.78, 5) is 40.8. The van der Waals surface area contributed by atoms with Crippen LogP contribution in [0.5, 0.6) is 0 Å². The summed E-state index contributed by atoms with van der Waals surface area (Å²) in [7, 11) is 0. The van der Waals surface area contributed by atoms with Gasteiger partial charge in [0.05, 0.1) is 0 Å². The first-order valence-corrected chi connectivity index (χ1v) is 7.62. The highest BCUT2D eigenvalue weighted by molar-refractivity contribution is 6.12. The van der Waals surface area contributed by atoms with Gasteiger partial charge in [-0.3, -0.25) is 9.59 Å². The van der Waals surface area contributed by atoms with Crippen molar-refractivity contribution in [3.05, 3.63) is 75.3 Å². The highest BCUT2D eigenvalue weighted by atomic mass is 16.4. The molecule has 126 valence electrons. The van der Waals surface area contributed by atoms with Crippen LogP contribution in [-0.2, 0) is 4.79 Å². The molecule has 0 radical (unpaired) electrons. The summed E-state index contributed by atoms with van der Waals surface area (Å²) in [5.41, 5.74) is 1.04. The number of benzene rings is 2. The molecule has 0 aliphatic carbocycles. The molecule has 2 aromatic carbocycles. The van der Waals surface area contributed by atoms with Gasteiger partial charge in [-0.05, 0) is 31.5 Å². The molecule has 0 aliphatic rings. The van der Waals surface area contributed by atoms with Crippen molar-refractivity contribution in [1.29, 1.82) is 0 Å². The zero-order valence-electron chi connectivity index (χ0n) is 13.6. The molecule has 1 heterocycles. The molecule has 0 saturated carbocycles. The molecule has 1 aromatic heterocycles. The van der Waals surface area contributed by atoms with Crippen LogP contribution in [0.1, 0.15) is 33.1 Å². The van der Waals surface area contributed by atoms with Crippen molar-refractivity contribution in [3.8, 4) is 0 Å². The Morgan fingerprint density at radius 2 is 1.84 bits per heavy atom. The minimum absolute atomic E-state index is 0.236. The van der Waals surface area contributed by atoms with Gasteiger partial charge in [-0.2, -0.15) is 0 Å². The molecule has 3 aromatic rings. The molecule has 0 spiro atoms. The van der Waals surface area contributed by atoms with E-state index in [1.165, 1.54) is 0 Å². The molecule has 6 heteroatoms. The van der Waals surface area contributed by atoms with Crippen molar-refractivity contribution in [2.75, 3.05) is 0 Å². The van der Waals surface area contributed by atoms with E-state index in [0.29, 0.717) is 11.1 Å². The molecular formula is C19H15NO5. The normalized spacial score (nSPS) is 12.1. The van der Waals surface area contributed by atoms with Crippen LogP contribution in [0.4, 0.5) is 0 Å². The largest absolute Gasteiger partial charge is 0.480 e. The minimum atomic E-state index is -1.72. The molecule has 0 amide bonds. The summed E-state index contributed by atoms with van der Waals surface area (Å²) >= 11 is 0. The van der Waals surface area contributed by atoms with E-state index < -0.39 is 29.0 Å². The second kappa shape index (κ2) is 6.32. The minimum Gasteiger partial charge on any atom is -0.480 e. The zero-order chi connectivity index (χ0) is 18.1. The highest BCUT2D eigenvalue weighted by Crippen LogP contribution is 2.22. The van der Waals surface area contributed by atoms with E-state index in [-0.39, 0.29) is 11.1 Å². The van der Waals surface area contributed by atoms with Crippen molar-refractivity contribution in [3.63, 3.8) is 0 Å². The number of carbonyl (C=O) groups excluding carboxylic acids is 1. The Bertz CT molecular complexity index is 1050. The SMILES string of the molecule is Cc1ccc(C(=O)C(C(=O)O)c2nc3ccccc3oc2=O)c(C)c1. The number of carboxylic acids is 1. The van der Waals surface area contributed by atoms with Crippen LogP contribution < -0.4 is 5.63 Å². The number of rotatable bonds is 4. The van der Waals surface area contributed by atoms with Crippen molar-refractivity contribution < 1.29 is 19.1 Å². The lowest BCUT2D eigenvalue weighted by molar-refractivity contribution is -0.137. The quantitative estimate of drug-likeness (QED) is 0.581. The number of hydrogen-bond acceptors (Lipinski definition) is 5. The Balaban J connectivity index is 2.16. The fourth-order valence-electron chi connectivity index (χ4n) is 2.74. The second-order valence-corrected chi connectivity index (χ2v) is 5.81. The van der Waals surface area contributed by atoms with E-state index in [2.05, 4.69) is 4.98 Å². The Hall–Kier alpha value is -3.28. The number of para-hydroxylation sites is 2. The van der Waals surface area contributed by atoms with E-state index in [1.54, 1.807) is 49.4 Å². The van der Waals surface area contributed by atoms with Crippen LogP contribution in [-0.4, -0.2) is 21.8 Å². The highest BCUT2D eigenvalue weighted by Gasteiger charge is 2.34. The third-order valence-electron chi connectivity index (χ3n) is 3.95. The standard InChI is InChI=1S/C19H15NO5/c1-10-7-8-12(11(2)9-10)17(21)15(18(22)23)16-19(24)25-14-6-4-3-5-13(14)20-16/h3-9,15H,1-2H3,(H,22,23). The Morgan fingerprint density at radius 3 is 2.52 bits per heavy atom. The van der Waals surface area contributed by atoms with Crippen molar-refractivity contribution in [2.24, 2.45) is 0 Å². The average molecular weight is 337 g/mol. The van der Waals surface area contributed by atoms with E-state index in [9.17, 15) is 19.5 Å². The monoisotopic (exact) mass is 337 g/mol. The Kier molecular flexibility index (Phi) is 4.19. The van der Waals surface area contributed by atoms with Gasteiger partial charge in [0.15, 0.2) is 17.3 Å². The molecule has 0 saturated heterocycles. The zero-order valence-corrected chi connectivity index (χ0v) is 13.6. The molecule has 3 rings (SSSR count). The first kappa shape index (κ1) is 16.6. The number of aryl methyl sites for hydroxylation is 2. The fourth-order valence-corrected chi connectivity index (χ4v) is 2.74. The van der Waals surface area contributed by atoms with Crippen LogP contribution in [0, 0.1) is 13.8 Å². The van der Waals surface area contributed by atoms with Gasteiger partial charge in [-0.25, -0.2) is 9.78 Å². The van der Waals surface area contributed by atoms with Crippen molar-refractivity contribution in [1.82, 2.24) is 4.98 Å². The Morgan fingerprint density at radius 1 is 1.12 bits per heavy atom. The van der Waals surface area contributed by atoms with Gasteiger partial charge in [0.1, 0.15) is 11.2 Å². The molecule has 0 bridgehead atoms. The maximum absolute atomic E-state index is 12.8. The summed E-state index contributed by atoms with van der Waals surface area (Å²) in [5, 5.41) is 9.56. The summed E-state index contributed by atoms with van der Waals surface area (Å²) in [6, 6.07) is 11.5. The number of hydrogen-bond donors (Lipinski definition) is 1. The van der Waals surface area contributed by atoms with Gasteiger partial charge in [0.25, 0.3) is 0 Å². The van der Waals surface area contributed by atoms with Gasteiger partial charge in [-0.15, -0.1) is 0 Å².